The maximum atomic E-state index is 12.0. The van der Waals surface area contributed by atoms with Gasteiger partial charge in [0.1, 0.15) is 0 Å². The van der Waals surface area contributed by atoms with Crippen molar-refractivity contribution in [1.29, 1.82) is 0 Å². The van der Waals surface area contributed by atoms with Crippen LogP contribution in [-0.2, 0) is 11.2 Å². The van der Waals surface area contributed by atoms with Crippen LogP contribution in [0.4, 0.5) is 0 Å². The minimum atomic E-state index is 0.140. The largest absolute Gasteiger partial charge is 0.353 e. The lowest BCUT2D eigenvalue weighted by Gasteiger charge is -2.19. The van der Waals surface area contributed by atoms with Gasteiger partial charge in [-0.25, -0.2) is 0 Å². The van der Waals surface area contributed by atoms with E-state index in [4.69, 9.17) is 5.73 Å². The quantitative estimate of drug-likeness (QED) is 0.874. The van der Waals surface area contributed by atoms with Crippen LogP contribution in [0, 0.1) is 5.92 Å². The molecular formula is C15H21BrN2O. The van der Waals surface area contributed by atoms with Crippen molar-refractivity contribution in [1.82, 2.24) is 5.32 Å². The van der Waals surface area contributed by atoms with Crippen LogP contribution in [0.1, 0.15) is 31.2 Å². The zero-order valence-corrected chi connectivity index (χ0v) is 12.7. The molecule has 2 unspecified atom stereocenters. The van der Waals surface area contributed by atoms with Crippen molar-refractivity contribution >= 4 is 21.8 Å². The summed E-state index contributed by atoms with van der Waals surface area (Å²) in [5.74, 6) is 0.605. The Hall–Kier alpha value is -0.870. The van der Waals surface area contributed by atoms with E-state index in [1.165, 1.54) is 12.0 Å². The molecule has 3 N–H and O–H groups in total. The van der Waals surface area contributed by atoms with Crippen molar-refractivity contribution in [2.45, 2.75) is 38.1 Å². The van der Waals surface area contributed by atoms with Gasteiger partial charge in [-0.3, -0.25) is 4.79 Å². The van der Waals surface area contributed by atoms with Gasteiger partial charge in [0.15, 0.2) is 0 Å². The van der Waals surface area contributed by atoms with E-state index in [0.717, 1.165) is 23.7 Å². The molecule has 0 saturated heterocycles. The highest BCUT2D eigenvalue weighted by Gasteiger charge is 2.27. The number of benzene rings is 1. The molecule has 19 heavy (non-hydrogen) atoms. The van der Waals surface area contributed by atoms with Crippen LogP contribution < -0.4 is 11.1 Å². The zero-order valence-electron chi connectivity index (χ0n) is 11.1. The molecule has 1 saturated carbocycles. The monoisotopic (exact) mass is 324 g/mol. The number of amides is 1. The molecule has 0 bridgehead atoms. The van der Waals surface area contributed by atoms with Crippen LogP contribution in [0.25, 0.3) is 0 Å². The molecule has 0 heterocycles. The third-order valence-electron chi connectivity index (χ3n) is 3.89. The van der Waals surface area contributed by atoms with Gasteiger partial charge in [0.05, 0.1) is 0 Å². The van der Waals surface area contributed by atoms with E-state index in [-0.39, 0.29) is 11.9 Å². The fourth-order valence-electron chi connectivity index (χ4n) is 2.74. The summed E-state index contributed by atoms with van der Waals surface area (Å²) in [5.41, 5.74) is 6.91. The maximum absolute atomic E-state index is 12.0. The van der Waals surface area contributed by atoms with E-state index in [1.807, 2.05) is 18.2 Å². The van der Waals surface area contributed by atoms with Crippen LogP contribution in [0.5, 0.6) is 0 Å². The molecule has 2 atom stereocenters. The van der Waals surface area contributed by atoms with Gasteiger partial charge in [0, 0.05) is 16.9 Å². The number of nitrogens with one attached hydrogen (secondary N) is 1. The molecule has 0 spiro atoms. The SMILES string of the molecule is NCC1CCCC1NC(=O)CCc1ccccc1Br. The molecule has 2 rings (SSSR count). The van der Waals surface area contributed by atoms with Crippen molar-refractivity contribution in [2.75, 3.05) is 6.54 Å². The van der Waals surface area contributed by atoms with Gasteiger partial charge in [0.25, 0.3) is 0 Å². The molecule has 1 amide bonds. The second-order valence-electron chi connectivity index (χ2n) is 5.19. The number of hydrogen-bond donors (Lipinski definition) is 2. The van der Waals surface area contributed by atoms with Crippen molar-refractivity contribution in [3.8, 4) is 0 Å². The van der Waals surface area contributed by atoms with Crippen LogP contribution >= 0.6 is 15.9 Å². The summed E-state index contributed by atoms with van der Waals surface area (Å²) in [6.45, 7) is 0.676. The van der Waals surface area contributed by atoms with Gasteiger partial charge in [-0.2, -0.15) is 0 Å². The van der Waals surface area contributed by atoms with Crippen molar-refractivity contribution in [2.24, 2.45) is 11.7 Å². The lowest BCUT2D eigenvalue weighted by molar-refractivity contribution is -0.122. The van der Waals surface area contributed by atoms with Crippen LogP contribution in [0.15, 0.2) is 28.7 Å². The summed E-state index contributed by atoms with van der Waals surface area (Å²) < 4.78 is 1.07. The van der Waals surface area contributed by atoms with Gasteiger partial charge in [-0.15, -0.1) is 0 Å². The van der Waals surface area contributed by atoms with Crippen LogP contribution in [0.3, 0.4) is 0 Å². The highest BCUT2D eigenvalue weighted by Crippen LogP contribution is 2.24. The molecule has 1 aliphatic rings. The Morgan fingerprint density at radius 1 is 1.37 bits per heavy atom. The summed E-state index contributed by atoms with van der Waals surface area (Å²) in [5, 5.41) is 3.14. The number of hydrogen-bond acceptors (Lipinski definition) is 2. The fourth-order valence-corrected chi connectivity index (χ4v) is 3.22. The van der Waals surface area contributed by atoms with Crippen molar-refractivity contribution in [3.05, 3.63) is 34.3 Å². The normalized spacial score (nSPS) is 22.4. The lowest BCUT2D eigenvalue weighted by Crippen LogP contribution is -2.39. The van der Waals surface area contributed by atoms with E-state index in [9.17, 15) is 4.79 Å². The molecule has 1 aromatic rings. The van der Waals surface area contributed by atoms with Crippen molar-refractivity contribution < 1.29 is 4.79 Å². The smallest absolute Gasteiger partial charge is 0.220 e. The Kier molecular flexibility index (Phi) is 5.40. The number of rotatable bonds is 5. The third kappa shape index (κ3) is 4.05. The van der Waals surface area contributed by atoms with E-state index in [2.05, 4.69) is 27.3 Å². The van der Waals surface area contributed by atoms with Gasteiger partial charge < -0.3 is 11.1 Å². The van der Waals surface area contributed by atoms with E-state index >= 15 is 0 Å². The Morgan fingerprint density at radius 2 is 2.16 bits per heavy atom. The first kappa shape index (κ1) is 14.5. The van der Waals surface area contributed by atoms with E-state index in [1.54, 1.807) is 0 Å². The maximum Gasteiger partial charge on any atom is 0.220 e. The minimum Gasteiger partial charge on any atom is -0.353 e. The van der Waals surface area contributed by atoms with Crippen LogP contribution in [0.2, 0.25) is 0 Å². The van der Waals surface area contributed by atoms with Gasteiger partial charge in [0.2, 0.25) is 5.91 Å². The van der Waals surface area contributed by atoms with Gasteiger partial charge >= 0.3 is 0 Å². The van der Waals surface area contributed by atoms with Gasteiger partial charge in [-0.1, -0.05) is 40.5 Å². The first-order valence-electron chi connectivity index (χ1n) is 6.93. The Balaban J connectivity index is 1.80. The summed E-state index contributed by atoms with van der Waals surface area (Å²) in [6.07, 6.45) is 4.70. The van der Waals surface area contributed by atoms with E-state index < -0.39 is 0 Å². The Bertz CT molecular complexity index is 436. The number of carbonyl (C=O) groups excluding carboxylic acids is 1. The lowest BCUT2D eigenvalue weighted by atomic mass is 10.0. The molecule has 3 nitrogen and oxygen atoms in total. The van der Waals surface area contributed by atoms with Crippen LogP contribution in [-0.4, -0.2) is 18.5 Å². The predicted molar refractivity (Wildman–Crippen MR) is 80.8 cm³/mol. The molecule has 4 heteroatoms. The molecule has 0 aliphatic heterocycles. The summed E-state index contributed by atoms with van der Waals surface area (Å²) >= 11 is 3.51. The van der Waals surface area contributed by atoms with E-state index in [0.29, 0.717) is 18.9 Å². The molecule has 1 aromatic carbocycles. The fraction of sp³-hybridized carbons (Fsp3) is 0.533. The molecular weight excluding hydrogens is 304 g/mol. The number of carbonyl (C=O) groups is 1. The highest BCUT2D eigenvalue weighted by molar-refractivity contribution is 9.10. The number of halogens is 1. The zero-order chi connectivity index (χ0) is 13.7. The average Bonchev–Trinajstić information content (AvgIpc) is 2.85. The average molecular weight is 325 g/mol. The highest BCUT2D eigenvalue weighted by atomic mass is 79.9. The third-order valence-corrected chi connectivity index (χ3v) is 4.66. The predicted octanol–water partition coefficient (Wildman–Crippen LogP) is 2.63. The summed E-state index contributed by atoms with van der Waals surface area (Å²) in [7, 11) is 0. The second-order valence-corrected chi connectivity index (χ2v) is 6.05. The Labute approximate surface area is 123 Å². The molecule has 1 fully saturated rings. The molecule has 1 aliphatic carbocycles. The standard InChI is InChI=1S/C15H21BrN2O/c16-13-6-2-1-4-11(13)8-9-15(19)18-14-7-3-5-12(14)10-17/h1-2,4,6,12,14H,3,5,7-10,17H2,(H,18,19). The molecule has 0 aromatic heterocycles. The van der Waals surface area contributed by atoms with Gasteiger partial charge in [-0.05, 0) is 43.4 Å². The van der Waals surface area contributed by atoms with Crippen molar-refractivity contribution in [3.63, 3.8) is 0 Å². The number of aryl methyl sites for hydroxylation is 1. The second kappa shape index (κ2) is 7.06. The number of nitrogens with two attached hydrogens (primary N) is 1. The minimum absolute atomic E-state index is 0.140. The molecule has 104 valence electrons. The Morgan fingerprint density at radius 3 is 2.89 bits per heavy atom. The topological polar surface area (TPSA) is 55.1 Å². The first-order valence-corrected chi connectivity index (χ1v) is 7.73. The summed E-state index contributed by atoms with van der Waals surface area (Å²) in [6, 6.07) is 8.33. The summed E-state index contributed by atoms with van der Waals surface area (Å²) in [4.78, 5) is 12.0. The molecule has 0 radical (unpaired) electrons. The first-order chi connectivity index (χ1) is 9.20.